The summed E-state index contributed by atoms with van der Waals surface area (Å²) in [7, 11) is 0. The minimum absolute atomic E-state index is 0.602. The predicted molar refractivity (Wildman–Crippen MR) is 68.6 cm³/mol. The third kappa shape index (κ3) is 2.60. The van der Waals surface area contributed by atoms with Gasteiger partial charge in [-0.05, 0) is 32.9 Å². The summed E-state index contributed by atoms with van der Waals surface area (Å²) in [6, 6.07) is 5.59. The second-order valence-corrected chi connectivity index (χ2v) is 4.98. The maximum atomic E-state index is 8.88. The molecule has 2 rings (SSSR count). The summed E-state index contributed by atoms with van der Waals surface area (Å²) in [5, 5.41) is 12.8. The molecule has 2 aromatic heterocycles. The Morgan fingerprint density at radius 3 is 2.59 bits per heavy atom. The highest BCUT2D eigenvalue weighted by molar-refractivity contribution is 7.15. The van der Waals surface area contributed by atoms with Gasteiger partial charge in [0.2, 0.25) is 0 Å². The lowest BCUT2D eigenvalue weighted by molar-refractivity contribution is 1.17. The number of pyridine rings is 1. The van der Waals surface area contributed by atoms with Gasteiger partial charge in [0.1, 0.15) is 5.82 Å². The molecule has 2 aromatic rings. The molecule has 1 N–H and O–H groups in total. The Balaban J connectivity index is 2.30. The van der Waals surface area contributed by atoms with E-state index in [4.69, 9.17) is 5.26 Å². The molecule has 0 radical (unpaired) electrons. The van der Waals surface area contributed by atoms with Gasteiger partial charge in [-0.1, -0.05) is 0 Å². The van der Waals surface area contributed by atoms with Gasteiger partial charge in [-0.25, -0.2) is 9.97 Å². The van der Waals surface area contributed by atoms with Gasteiger partial charge in [-0.3, -0.25) is 0 Å². The first-order chi connectivity index (χ1) is 8.08. The van der Waals surface area contributed by atoms with Crippen LogP contribution in [0.3, 0.4) is 0 Å². The minimum atomic E-state index is 0.602. The second kappa shape index (κ2) is 4.52. The molecule has 0 bridgehead atoms. The van der Waals surface area contributed by atoms with Crippen LogP contribution in [0, 0.1) is 32.1 Å². The molecule has 0 fully saturated rings. The van der Waals surface area contributed by atoms with Crippen LogP contribution in [0.25, 0.3) is 0 Å². The fourth-order valence-corrected chi connectivity index (χ4v) is 2.25. The van der Waals surface area contributed by atoms with Crippen molar-refractivity contribution in [2.45, 2.75) is 20.8 Å². The van der Waals surface area contributed by atoms with Gasteiger partial charge in [0, 0.05) is 10.6 Å². The zero-order chi connectivity index (χ0) is 12.4. The highest BCUT2D eigenvalue weighted by atomic mass is 32.1. The van der Waals surface area contributed by atoms with Crippen LogP contribution >= 0.6 is 11.3 Å². The molecule has 17 heavy (non-hydrogen) atoms. The molecule has 2 heterocycles. The van der Waals surface area contributed by atoms with Crippen LogP contribution < -0.4 is 5.32 Å². The molecular weight excluding hydrogens is 232 g/mol. The van der Waals surface area contributed by atoms with Crippen molar-refractivity contribution in [3.63, 3.8) is 0 Å². The van der Waals surface area contributed by atoms with Gasteiger partial charge in [0.25, 0.3) is 0 Å². The maximum absolute atomic E-state index is 8.88. The standard InChI is InChI=1S/C12H12N4S/c1-7-4-10(6-13)5-11(14-7)16-12-15-8(2)9(3)17-12/h4-5H,1-3H3,(H,14,15,16). The Morgan fingerprint density at radius 2 is 2.00 bits per heavy atom. The number of aryl methyl sites for hydroxylation is 3. The molecule has 5 heteroatoms. The number of nitrogens with zero attached hydrogens (tertiary/aromatic N) is 3. The van der Waals surface area contributed by atoms with E-state index in [1.165, 1.54) is 4.88 Å². The van der Waals surface area contributed by atoms with E-state index in [0.29, 0.717) is 11.4 Å². The molecule has 0 unspecified atom stereocenters. The molecule has 0 amide bonds. The average Bonchev–Trinajstić information content (AvgIpc) is 2.57. The van der Waals surface area contributed by atoms with Crippen molar-refractivity contribution in [1.29, 1.82) is 5.26 Å². The van der Waals surface area contributed by atoms with E-state index in [9.17, 15) is 0 Å². The fourth-order valence-electron chi connectivity index (χ4n) is 1.43. The zero-order valence-electron chi connectivity index (χ0n) is 9.90. The van der Waals surface area contributed by atoms with Crippen molar-refractivity contribution in [3.05, 3.63) is 34.0 Å². The van der Waals surface area contributed by atoms with E-state index in [0.717, 1.165) is 16.5 Å². The molecule has 0 saturated heterocycles. The number of aromatic nitrogens is 2. The lowest BCUT2D eigenvalue weighted by atomic mass is 10.2. The first-order valence-electron chi connectivity index (χ1n) is 5.18. The Labute approximate surface area is 104 Å². The van der Waals surface area contributed by atoms with Crippen LogP contribution in [0.15, 0.2) is 12.1 Å². The summed E-state index contributed by atoms with van der Waals surface area (Å²) in [5.41, 5.74) is 2.44. The van der Waals surface area contributed by atoms with Crippen molar-refractivity contribution in [3.8, 4) is 6.07 Å². The van der Waals surface area contributed by atoms with E-state index in [1.54, 1.807) is 23.5 Å². The SMILES string of the molecule is Cc1cc(C#N)cc(Nc2nc(C)c(C)s2)n1. The molecule has 0 aliphatic heterocycles. The number of nitriles is 1. The van der Waals surface area contributed by atoms with Crippen molar-refractivity contribution in [1.82, 2.24) is 9.97 Å². The van der Waals surface area contributed by atoms with Crippen molar-refractivity contribution < 1.29 is 0 Å². The molecule has 4 nitrogen and oxygen atoms in total. The summed E-state index contributed by atoms with van der Waals surface area (Å²) in [4.78, 5) is 9.88. The fraction of sp³-hybridized carbons (Fsp3) is 0.250. The number of hydrogen-bond acceptors (Lipinski definition) is 5. The summed E-state index contributed by atoms with van der Waals surface area (Å²) < 4.78 is 0. The lowest BCUT2D eigenvalue weighted by Crippen LogP contribution is -1.95. The van der Waals surface area contributed by atoms with E-state index >= 15 is 0 Å². The summed E-state index contributed by atoms with van der Waals surface area (Å²) >= 11 is 1.58. The first kappa shape index (κ1) is 11.6. The van der Waals surface area contributed by atoms with Gasteiger partial charge >= 0.3 is 0 Å². The highest BCUT2D eigenvalue weighted by Gasteiger charge is 2.05. The third-order valence-electron chi connectivity index (χ3n) is 2.35. The number of hydrogen-bond donors (Lipinski definition) is 1. The topological polar surface area (TPSA) is 61.6 Å². The summed E-state index contributed by atoms with van der Waals surface area (Å²) in [5.74, 6) is 0.662. The normalized spacial score (nSPS) is 10.0. The maximum Gasteiger partial charge on any atom is 0.188 e. The molecule has 0 aliphatic rings. The first-order valence-corrected chi connectivity index (χ1v) is 6.00. The third-order valence-corrected chi connectivity index (χ3v) is 3.33. The van der Waals surface area contributed by atoms with Crippen LogP contribution in [-0.2, 0) is 0 Å². The van der Waals surface area contributed by atoms with Gasteiger partial charge in [0.15, 0.2) is 5.13 Å². The molecule has 0 spiro atoms. The van der Waals surface area contributed by atoms with Crippen LogP contribution in [-0.4, -0.2) is 9.97 Å². The van der Waals surface area contributed by atoms with E-state index < -0.39 is 0 Å². The van der Waals surface area contributed by atoms with Gasteiger partial charge < -0.3 is 5.32 Å². The number of rotatable bonds is 2. The van der Waals surface area contributed by atoms with Gasteiger partial charge in [0.05, 0.1) is 17.3 Å². The molecule has 0 aliphatic carbocycles. The number of nitrogens with one attached hydrogen (secondary N) is 1. The smallest absolute Gasteiger partial charge is 0.188 e. The Hall–Kier alpha value is -1.93. The van der Waals surface area contributed by atoms with Crippen LogP contribution in [0.4, 0.5) is 10.9 Å². The number of thiazole rings is 1. The van der Waals surface area contributed by atoms with Crippen LogP contribution in [0.5, 0.6) is 0 Å². The minimum Gasteiger partial charge on any atom is -0.316 e. The summed E-state index contributed by atoms with van der Waals surface area (Å²) in [6.45, 7) is 5.87. The highest BCUT2D eigenvalue weighted by Crippen LogP contribution is 2.24. The van der Waals surface area contributed by atoms with Crippen molar-refractivity contribution >= 4 is 22.3 Å². The molecule has 86 valence electrons. The van der Waals surface area contributed by atoms with Crippen LogP contribution in [0.1, 0.15) is 21.8 Å². The molecular formula is C12H12N4S. The predicted octanol–water partition coefficient (Wildman–Crippen LogP) is 3.08. The molecule has 0 aromatic carbocycles. The number of anilines is 2. The van der Waals surface area contributed by atoms with E-state index in [-0.39, 0.29) is 0 Å². The van der Waals surface area contributed by atoms with Gasteiger partial charge in [-0.2, -0.15) is 5.26 Å². The van der Waals surface area contributed by atoms with E-state index in [2.05, 4.69) is 21.4 Å². The van der Waals surface area contributed by atoms with Crippen molar-refractivity contribution in [2.24, 2.45) is 0 Å². The monoisotopic (exact) mass is 244 g/mol. The van der Waals surface area contributed by atoms with E-state index in [1.807, 2.05) is 20.8 Å². The zero-order valence-corrected chi connectivity index (χ0v) is 10.7. The van der Waals surface area contributed by atoms with Crippen molar-refractivity contribution in [2.75, 3.05) is 5.32 Å². The lowest BCUT2D eigenvalue weighted by Gasteiger charge is -2.03. The summed E-state index contributed by atoms with van der Waals surface area (Å²) in [6.07, 6.45) is 0. The largest absolute Gasteiger partial charge is 0.316 e. The second-order valence-electron chi connectivity index (χ2n) is 3.78. The Bertz CT molecular complexity index is 576. The Morgan fingerprint density at radius 1 is 1.24 bits per heavy atom. The molecule has 0 atom stereocenters. The van der Waals surface area contributed by atoms with Gasteiger partial charge in [-0.15, -0.1) is 11.3 Å². The average molecular weight is 244 g/mol. The Kier molecular flexibility index (Phi) is 3.07. The molecule has 0 saturated carbocycles. The van der Waals surface area contributed by atoms with Crippen LogP contribution in [0.2, 0.25) is 0 Å². The quantitative estimate of drug-likeness (QED) is 0.881.